The molecule has 0 rings (SSSR count). The Morgan fingerprint density at radius 2 is 2.40 bits per heavy atom. The second kappa shape index (κ2) is 4.31. The van der Waals surface area contributed by atoms with Gasteiger partial charge in [0.2, 0.25) is 6.69 Å². The van der Waals surface area contributed by atoms with Gasteiger partial charge in [-0.05, 0) is 6.54 Å². The van der Waals surface area contributed by atoms with Gasteiger partial charge in [-0.15, -0.1) is 0 Å². The maximum absolute atomic E-state index is 5.10. The highest BCUT2D eigenvalue weighted by Gasteiger charge is 1.74. The Morgan fingerprint density at radius 3 is 2.40 bits per heavy atom. The van der Waals surface area contributed by atoms with Crippen LogP contribution in [0, 0.1) is 0 Å². The molecule has 0 saturated carbocycles. The topological polar surface area (TPSA) is 26.0 Å². The Balaban J connectivity index is 2.19. The van der Waals surface area contributed by atoms with Gasteiger partial charge in [0.1, 0.15) is 0 Å². The molecular weight excluding hydrogens is 84.3 g/mol. The van der Waals surface area contributed by atoms with Crippen molar-refractivity contribution in [2.45, 2.75) is 6.32 Å². The van der Waals surface area contributed by atoms with Crippen molar-refractivity contribution in [1.82, 2.24) is 0 Å². The molecular formula is C2H6BClN. The molecule has 1 nitrogen and oxygen atoms in total. The number of nitrogens with two attached hydrogens (primary N) is 1. The first-order valence-corrected chi connectivity index (χ1v) is 1.97. The van der Waals surface area contributed by atoms with Crippen molar-refractivity contribution < 1.29 is 0 Å². The van der Waals surface area contributed by atoms with Crippen molar-refractivity contribution >= 4 is 18.2 Å². The van der Waals surface area contributed by atoms with Crippen LogP contribution in [0.25, 0.3) is 0 Å². The van der Waals surface area contributed by atoms with Crippen LogP contribution in [-0.4, -0.2) is 13.2 Å². The quantitative estimate of drug-likeness (QED) is 0.482. The van der Waals surface area contributed by atoms with Crippen LogP contribution in [0.15, 0.2) is 0 Å². The maximum Gasteiger partial charge on any atom is 0.239 e. The van der Waals surface area contributed by atoms with Gasteiger partial charge in [0.15, 0.2) is 0 Å². The molecule has 5 heavy (non-hydrogen) atoms. The average Bonchev–Trinajstić information content (AvgIpc) is 1.41. The van der Waals surface area contributed by atoms with E-state index in [4.69, 9.17) is 17.2 Å². The monoisotopic (exact) mass is 90.0 g/mol. The van der Waals surface area contributed by atoms with Crippen LogP contribution in [0.5, 0.6) is 0 Å². The number of hydrogen-bond acceptors (Lipinski definition) is 1. The van der Waals surface area contributed by atoms with Crippen LogP contribution in [0.2, 0.25) is 6.32 Å². The molecule has 0 heterocycles. The van der Waals surface area contributed by atoms with E-state index < -0.39 is 0 Å². The summed E-state index contributed by atoms with van der Waals surface area (Å²) in [6, 6.07) is 0. The zero-order chi connectivity index (χ0) is 4.12. The van der Waals surface area contributed by atoms with Crippen molar-refractivity contribution in [3.63, 3.8) is 0 Å². The number of hydrogen-bond donors (Lipinski definition) is 1. The van der Waals surface area contributed by atoms with Gasteiger partial charge in [-0.25, -0.2) is 11.5 Å². The highest BCUT2D eigenvalue weighted by molar-refractivity contribution is 6.93. The lowest BCUT2D eigenvalue weighted by Crippen LogP contribution is -1.98. The molecule has 0 aliphatic rings. The Hall–Kier alpha value is 0.315. The second-order valence-electron chi connectivity index (χ2n) is 0.732. The normalized spacial score (nSPS) is 7.60. The molecule has 3 heteroatoms. The van der Waals surface area contributed by atoms with E-state index in [1.807, 2.05) is 0 Å². The molecule has 0 spiro atoms. The highest BCUT2D eigenvalue weighted by atomic mass is 35.5. The van der Waals surface area contributed by atoms with Gasteiger partial charge in [0.05, 0.1) is 0 Å². The van der Waals surface area contributed by atoms with Gasteiger partial charge in [-0.3, -0.25) is 0 Å². The predicted molar refractivity (Wildman–Crippen MR) is 25.5 cm³/mol. The largest absolute Gasteiger partial charge is 0.331 e. The summed E-state index contributed by atoms with van der Waals surface area (Å²) in [6.07, 6.45) is 0.807. The van der Waals surface area contributed by atoms with E-state index in [9.17, 15) is 0 Å². The van der Waals surface area contributed by atoms with Crippen LogP contribution >= 0.6 is 11.5 Å². The van der Waals surface area contributed by atoms with Crippen LogP contribution in [-0.2, 0) is 0 Å². The fourth-order valence-corrected chi connectivity index (χ4v) is 0.189. The summed E-state index contributed by atoms with van der Waals surface area (Å²) in [7, 11) is 0. The van der Waals surface area contributed by atoms with Crippen molar-refractivity contribution in [1.29, 1.82) is 0 Å². The Kier molecular flexibility index (Phi) is 4.59. The predicted octanol–water partition coefficient (Wildman–Crippen LogP) is 0.221. The molecule has 0 aliphatic heterocycles. The summed E-state index contributed by atoms with van der Waals surface area (Å²) in [4.78, 5) is 0. The lowest BCUT2D eigenvalue weighted by Gasteiger charge is -1.75. The third-order valence-electron chi connectivity index (χ3n) is 0.276. The minimum Gasteiger partial charge on any atom is -0.331 e. The van der Waals surface area contributed by atoms with Crippen LogP contribution in [0.1, 0.15) is 0 Å². The Labute approximate surface area is 37.7 Å². The van der Waals surface area contributed by atoms with Crippen molar-refractivity contribution in [3.05, 3.63) is 0 Å². The van der Waals surface area contributed by atoms with E-state index in [1.54, 1.807) is 0 Å². The van der Waals surface area contributed by atoms with E-state index in [1.165, 1.54) is 6.69 Å². The molecule has 0 aliphatic carbocycles. The summed E-state index contributed by atoms with van der Waals surface area (Å²) in [5.74, 6) is 0. The fraction of sp³-hybridized carbons (Fsp3) is 1.00. The van der Waals surface area contributed by atoms with Crippen molar-refractivity contribution in [3.8, 4) is 0 Å². The van der Waals surface area contributed by atoms with Gasteiger partial charge < -0.3 is 5.73 Å². The van der Waals surface area contributed by atoms with Gasteiger partial charge in [-0.2, -0.15) is 0 Å². The van der Waals surface area contributed by atoms with Gasteiger partial charge in [0.25, 0.3) is 0 Å². The summed E-state index contributed by atoms with van der Waals surface area (Å²) in [5, 5.41) is 0. The van der Waals surface area contributed by atoms with Crippen molar-refractivity contribution in [2.75, 3.05) is 6.54 Å². The summed E-state index contributed by atoms with van der Waals surface area (Å²) in [5.41, 5.74) is 5.02. The first-order chi connectivity index (χ1) is 2.41. The minimum absolute atomic E-state index is 0.656. The first-order valence-electron chi connectivity index (χ1n) is 1.53. The molecule has 0 fully saturated rings. The molecule has 0 aromatic rings. The highest BCUT2D eigenvalue weighted by Crippen LogP contribution is 1.73. The summed E-state index contributed by atoms with van der Waals surface area (Å²) >= 11 is 5.10. The van der Waals surface area contributed by atoms with E-state index >= 15 is 0 Å². The van der Waals surface area contributed by atoms with Crippen molar-refractivity contribution in [2.24, 2.45) is 5.73 Å². The first kappa shape index (κ1) is 5.31. The molecule has 0 aromatic carbocycles. The molecule has 0 unspecified atom stereocenters. The smallest absolute Gasteiger partial charge is 0.239 e. The molecule has 29 valence electrons. The Morgan fingerprint density at radius 1 is 1.80 bits per heavy atom. The van der Waals surface area contributed by atoms with Crippen LogP contribution < -0.4 is 5.73 Å². The van der Waals surface area contributed by atoms with Gasteiger partial charge >= 0.3 is 0 Å². The maximum atomic E-state index is 5.10. The minimum atomic E-state index is 0.656. The molecule has 0 bridgehead atoms. The van der Waals surface area contributed by atoms with E-state index in [-0.39, 0.29) is 0 Å². The standard InChI is InChI=1S/C2H6BClN/c4-3-1-2-5/h1-2,5H2. The van der Waals surface area contributed by atoms with Gasteiger partial charge in [0, 0.05) is 0 Å². The Bertz CT molecular complexity index is 17.1. The number of rotatable bonds is 2. The van der Waals surface area contributed by atoms with E-state index in [0.29, 0.717) is 6.54 Å². The molecule has 1 radical (unpaired) electrons. The molecule has 0 aromatic heterocycles. The SMILES string of the molecule is NCC[B]Cl. The molecule has 0 amide bonds. The molecule has 0 atom stereocenters. The molecule has 2 N–H and O–H groups in total. The van der Waals surface area contributed by atoms with Crippen LogP contribution in [0.4, 0.5) is 0 Å². The molecule has 0 saturated heterocycles. The average molecular weight is 90.3 g/mol. The summed E-state index contributed by atoms with van der Waals surface area (Å²) < 4.78 is 0. The third-order valence-corrected chi connectivity index (χ3v) is 0.494. The van der Waals surface area contributed by atoms with E-state index in [2.05, 4.69) is 0 Å². The van der Waals surface area contributed by atoms with Gasteiger partial charge in [-0.1, -0.05) is 6.32 Å². The zero-order valence-corrected chi connectivity index (χ0v) is 3.70. The van der Waals surface area contributed by atoms with Crippen LogP contribution in [0.3, 0.4) is 0 Å². The zero-order valence-electron chi connectivity index (χ0n) is 2.95. The lowest BCUT2D eigenvalue weighted by molar-refractivity contribution is 1.13. The lowest BCUT2D eigenvalue weighted by atomic mass is 10.0. The third kappa shape index (κ3) is 4.31. The van der Waals surface area contributed by atoms with E-state index in [0.717, 1.165) is 6.32 Å². The fourth-order valence-electron chi connectivity index (χ4n) is 0.0630. The summed E-state index contributed by atoms with van der Waals surface area (Å²) in [6.45, 7) is 2.18. The second-order valence-corrected chi connectivity index (χ2v) is 1.04. The number of halogens is 1.